The van der Waals surface area contributed by atoms with Gasteiger partial charge >= 0.3 is 5.97 Å². The molecule has 6 heteroatoms. The molecule has 1 aliphatic carbocycles. The van der Waals surface area contributed by atoms with Crippen LogP contribution in [0.15, 0.2) is 54.6 Å². The second-order valence-electron chi connectivity index (χ2n) is 9.25. The van der Waals surface area contributed by atoms with E-state index < -0.39 is 0 Å². The van der Waals surface area contributed by atoms with Crippen LogP contribution < -0.4 is 10.1 Å². The summed E-state index contributed by atoms with van der Waals surface area (Å²) in [5, 5.41) is 5.77. The molecular formula is C29H32ClNO4. The highest BCUT2D eigenvalue weighted by Crippen LogP contribution is 2.35. The van der Waals surface area contributed by atoms with E-state index in [9.17, 15) is 9.59 Å². The summed E-state index contributed by atoms with van der Waals surface area (Å²) >= 11 is 6.39. The second kappa shape index (κ2) is 11.6. The monoisotopic (exact) mass is 493 g/mol. The Morgan fingerprint density at radius 1 is 1.03 bits per heavy atom. The minimum Gasteiger partial charge on any atom is -0.484 e. The first-order valence-corrected chi connectivity index (χ1v) is 12.6. The predicted molar refractivity (Wildman–Crippen MR) is 139 cm³/mol. The summed E-state index contributed by atoms with van der Waals surface area (Å²) < 4.78 is 10.8. The molecule has 1 unspecified atom stereocenters. The van der Waals surface area contributed by atoms with Gasteiger partial charge in [-0.15, -0.1) is 0 Å². The van der Waals surface area contributed by atoms with Crippen LogP contribution in [0.2, 0.25) is 5.02 Å². The number of benzene rings is 3. The minimum atomic E-state index is -0.282. The summed E-state index contributed by atoms with van der Waals surface area (Å²) in [5.74, 6) is 0.0733. The molecule has 0 aromatic heterocycles. The molecule has 0 heterocycles. The third kappa shape index (κ3) is 6.34. The van der Waals surface area contributed by atoms with Crippen LogP contribution in [-0.4, -0.2) is 31.6 Å². The van der Waals surface area contributed by atoms with E-state index in [0.717, 1.165) is 40.3 Å². The fraction of sp³-hybridized carbons (Fsp3) is 0.379. The number of esters is 1. The number of amides is 1. The summed E-state index contributed by atoms with van der Waals surface area (Å²) in [7, 11) is 1.40. The van der Waals surface area contributed by atoms with Crippen molar-refractivity contribution in [1.29, 1.82) is 0 Å². The van der Waals surface area contributed by atoms with Gasteiger partial charge in [-0.25, -0.2) is 0 Å². The minimum absolute atomic E-state index is 0.00558. The van der Waals surface area contributed by atoms with Gasteiger partial charge in [0.25, 0.3) is 5.91 Å². The number of fused-ring (bicyclic) bond motifs is 1. The van der Waals surface area contributed by atoms with Crippen molar-refractivity contribution < 1.29 is 19.1 Å². The molecule has 3 aromatic carbocycles. The number of ether oxygens (including phenoxy) is 2. The second-order valence-corrected chi connectivity index (χ2v) is 9.65. The van der Waals surface area contributed by atoms with E-state index in [1.807, 2.05) is 55.5 Å². The van der Waals surface area contributed by atoms with Crippen molar-refractivity contribution in [2.24, 2.45) is 0 Å². The van der Waals surface area contributed by atoms with Crippen molar-refractivity contribution in [3.63, 3.8) is 0 Å². The number of rotatable bonds is 8. The summed E-state index contributed by atoms with van der Waals surface area (Å²) in [6, 6.07) is 18.0. The average molecular weight is 494 g/mol. The molecule has 3 aromatic rings. The molecule has 1 amide bonds. The molecule has 1 N–H and O–H groups in total. The van der Waals surface area contributed by atoms with Crippen LogP contribution >= 0.6 is 11.6 Å². The third-order valence-electron chi connectivity index (χ3n) is 6.86. The molecule has 1 fully saturated rings. The summed E-state index contributed by atoms with van der Waals surface area (Å²) in [6.07, 6.45) is 5.89. The smallest absolute Gasteiger partial charge is 0.306 e. The van der Waals surface area contributed by atoms with E-state index in [-0.39, 0.29) is 36.9 Å². The zero-order chi connectivity index (χ0) is 24.8. The zero-order valence-electron chi connectivity index (χ0n) is 20.3. The van der Waals surface area contributed by atoms with Crippen molar-refractivity contribution in [3.8, 4) is 5.75 Å². The Balaban J connectivity index is 1.55. The van der Waals surface area contributed by atoms with Crippen LogP contribution in [0.1, 0.15) is 61.1 Å². The van der Waals surface area contributed by atoms with Crippen molar-refractivity contribution in [2.45, 2.75) is 57.4 Å². The van der Waals surface area contributed by atoms with Gasteiger partial charge in [-0.1, -0.05) is 67.3 Å². The first-order valence-electron chi connectivity index (χ1n) is 12.2. The molecule has 1 atom stereocenters. The van der Waals surface area contributed by atoms with Gasteiger partial charge in [0.15, 0.2) is 6.61 Å². The molecule has 0 bridgehead atoms. The van der Waals surface area contributed by atoms with E-state index in [0.29, 0.717) is 10.8 Å². The highest BCUT2D eigenvalue weighted by atomic mass is 35.5. The van der Waals surface area contributed by atoms with Gasteiger partial charge in [-0.3, -0.25) is 9.59 Å². The van der Waals surface area contributed by atoms with Crippen LogP contribution in [0.4, 0.5) is 0 Å². The number of nitrogens with one attached hydrogen (secondary N) is 1. The first-order chi connectivity index (χ1) is 16.9. The molecule has 184 valence electrons. The van der Waals surface area contributed by atoms with Gasteiger partial charge < -0.3 is 14.8 Å². The molecule has 0 aliphatic heterocycles. The lowest BCUT2D eigenvalue weighted by Gasteiger charge is -2.22. The zero-order valence-corrected chi connectivity index (χ0v) is 21.1. The number of carbonyl (C=O) groups excluding carboxylic acids is 2. The maximum absolute atomic E-state index is 12.3. The Morgan fingerprint density at radius 3 is 2.57 bits per heavy atom. The Kier molecular flexibility index (Phi) is 8.29. The van der Waals surface area contributed by atoms with E-state index >= 15 is 0 Å². The summed E-state index contributed by atoms with van der Waals surface area (Å²) in [5.41, 5.74) is 2.93. The molecule has 4 rings (SSSR count). The van der Waals surface area contributed by atoms with Gasteiger partial charge in [0.1, 0.15) is 5.75 Å². The van der Waals surface area contributed by atoms with E-state index in [1.165, 1.54) is 26.4 Å². The van der Waals surface area contributed by atoms with E-state index in [1.54, 1.807) is 0 Å². The topological polar surface area (TPSA) is 64.6 Å². The normalized spacial score (nSPS) is 14.9. The quantitative estimate of drug-likeness (QED) is 0.373. The van der Waals surface area contributed by atoms with E-state index in [2.05, 4.69) is 11.4 Å². The lowest BCUT2D eigenvalue weighted by molar-refractivity contribution is -0.140. The van der Waals surface area contributed by atoms with Crippen LogP contribution in [-0.2, 0) is 14.3 Å². The lowest BCUT2D eigenvalue weighted by Crippen LogP contribution is -2.38. The summed E-state index contributed by atoms with van der Waals surface area (Å²) in [6.45, 7) is 1.96. The fourth-order valence-electron chi connectivity index (χ4n) is 4.87. The average Bonchev–Trinajstić information content (AvgIpc) is 2.88. The van der Waals surface area contributed by atoms with Gasteiger partial charge in [0.05, 0.1) is 13.5 Å². The summed E-state index contributed by atoms with van der Waals surface area (Å²) in [4.78, 5) is 24.6. The highest BCUT2D eigenvalue weighted by Gasteiger charge is 2.22. The first kappa shape index (κ1) is 25.1. The number of hydrogen-bond donors (Lipinski definition) is 1. The SMILES string of the molecule is COC(=O)CC(c1ccc2ccc(OCC(=O)NC3CCCCC3)cc2c1)c1cccc(Cl)c1C. The van der Waals surface area contributed by atoms with Crippen molar-refractivity contribution in [3.05, 3.63) is 76.3 Å². The molecule has 0 spiro atoms. The Labute approximate surface area is 211 Å². The third-order valence-corrected chi connectivity index (χ3v) is 7.27. The number of methoxy groups -OCH3 is 1. The van der Waals surface area contributed by atoms with Crippen molar-refractivity contribution in [1.82, 2.24) is 5.32 Å². The van der Waals surface area contributed by atoms with Gasteiger partial charge in [-0.2, -0.15) is 0 Å². The van der Waals surface area contributed by atoms with Gasteiger partial charge in [0.2, 0.25) is 0 Å². The molecule has 35 heavy (non-hydrogen) atoms. The molecule has 0 saturated heterocycles. The largest absolute Gasteiger partial charge is 0.484 e. The van der Waals surface area contributed by atoms with Crippen molar-refractivity contribution in [2.75, 3.05) is 13.7 Å². The maximum atomic E-state index is 12.3. The Hall–Kier alpha value is -3.05. The standard InChI is InChI=1S/C29H32ClNO4/c1-19-25(9-6-10-27(19)30)26(17-29(33)34-2)21-12-11-20-13-14-24(16-22(20)15-21)35-18-28(32)31-23-7-4-3-5-8-23/h6,9-16,23,26H,3-5,7-8,17-18H2,1-2H3,(H,31,32). The molecule has 0 radical (unpaired) electrons. The Bertz CT molecular complexity index is 1200. The van der Waals surface area contributed by atoms with Crippen LogP contribution in [0.5, 0.6) is 5.75 Å². The molecule has 1 aliphatic rings. The number of hydrogen-bond acceptors (Lipinski definition) is 4. The molecule has 1 saturated carbocycles. The highest BCUT2D eigenvalue weighted by molar-refractivity contribution is 6.31. The maximum Gasteiger partial charge on any atom is 0.306 e. The fourth-order valence-corrected chi connectivity index (χ4v) is 5.06. The number of carbonyl (C=O) groups is 2. The van der Waals surface area contributed by atoms with Crippen LogP contribution in [0, 0.1) is 6.92 Å². The lowest BCUT2D eigenvalue weighted by atomic mass is 9.85. The number of halogens is 1. The van der Waals surface area contributed by atoms with Crippen LogP contribution in [0.25, 0.3) is 10.8 Å². The molecule has 5 nitrogen and oxygen atoms in total. The molecular weight excluding hydrogens is 462 g/mol. The van der Waals surface area contributed by atoms with Gasteiger partial charge in [0, 0.05) is 17.0 Å². The van der Waals surface area contributed by atoms with E-state index in [4.69, 9.17) is 21.1 Å². The predicted octanol–water partition coefficient (Wildman–Crippen LogP) is 6.32. The van der Waals surface area contributed by atoms with Gasteiger partial charge in [-0.05, 0) is 65.4 Å². The Morgan fingerprint density at radius 2 is 1.80 bits per heavy atom. The van der Waals surface area contributed by atoms with Crippen LogP contribution in [0.3, 0.4) is 0 Å². The van der Waals surface area contributed by atoms with Crippen molar-refractivity contribution >= 4 is 34.2 Å².